The van der Waals surface area contributed by atoms with Gasteiger partial charge in [0.15, 0.2) is 12.3 Å². The van der Waals surface area contributed by atoms with Gasteiger partial charge in [0, 0.05) is 73.3 Å². The minimum Gasteiger partial charge on any atom is -0.481 e. The van der Waals surface area contributed by atoms with Gasteiger partial charge in [0.2, 0.25) is 5.69 Å². The molecular weight excluding hydrogens is 1000 g/mol. The maximum absolute atomic E-state index is 12.4. The molecule has 4 N–H and O–H groups in total. The molecule has 394 valence electrons. The Morgan fingerprint density at radius 1 is 0.732 bits per heavy atom. The molecule has 3 aliphatic rings. The molecule has 2 atom stereocenters. The zero-order valence-electron chi connectivity index (χ0n) is 40.8. The summed E-state index contributed by atoms with van der Waals surface area (Å²) < 4.78 is 133. The number of carboxylic acid groups (broad SMARTS) is 1. The van der Waals surface area contributed by atoms with Crippen LogP contribution >= 0.6 is 11.6 Å². The van der Waals surface area contributed by atoms with Crippen molar-refractivity contribution in [1.82, 2.24) is 0 Å². The van der Waals surface area contributed by atoms with Gasteiger partial charge >= 0.3 is 5.97 Å². The van der Waals surface area contributed by atoms with Gasteiger partial charge in [-0.15, -0.1) is 0 Å². The Labute approximate surface area is 423 Å². The Balaban J connectivity index is 1.53. The molecule has 0 saturated carbocycles. The molecule has 22 heteroatoms. The summed E-state index contributed by atoms with van der Waals surface area (Å²) in [7, 11) is -10.3. The van der Waals surface area contributed by atoms with Crippen molar-refractivity contribution in [3.8, 4) is 0 Å². The number of unbranched alkanes of at least 4 members (excludes halogenated alkanes) is 2. The third-order valence-electron chi connectivity index (χ3n) is 13.1. The highest BCUT2D eigenvalue weighted by Crippen LogP contribution is 2.51. The van der Waals surface area contributed by atoms with Crippen LogP contribution in [0.25, 0.3) is 0 Å². The van der Waals surface area contributed by atoms with E-state index in [1.165, 1.54) is 24.3 Å². The number of ether oxygens (including phenoxy) is 5. The van der Waals surface area contributed by atoms with E-state index in [0.29, 0.717) is 119 Å². The summed E-state index contributed by atoms with van der Waals surface area (Å²) in [6.07, 6.45) is 12.2. The minimum atomic E-state index is -4.63. The van der Waals surface area contributed by atoms with Crippen molar-refractivity contribution >= 4 is 65.0 Å². The Morgan fingerprint density at radius 3 is 1.97 bits per heavy atom. The van der Waals surface area contributed by atoms with Crippen LogP contribution in [0.15, 0.2) is 92.4 Å². The standard InChI is InChI=1S/C49H67ClN2O16S3/c1-48(21-9-33-69(55,56)57)40-34-38(70(58,59)60)16-18-43(40)52(24-26-66-29-30-68-32-31-67-28-27-65-4)44(48)19-13-36-10-8-11-37(47(36)50)14-20-45-49(2,22-25-64-3)41-35-39(71(61,62)63)15-17-42(41)51(45)23-7-5-6-12-46(53)54/h13-20,34-35H,5-12,21-33H2,1-4H3,(H3-,53,54,55,56,57,58,59,60,61,62,63)/p+1. The van der Waals surface area contributed by atoms with Crippen molar-refractivity contribution in [3.63, 3.8) is 0 Å². The summed E-state index contributed by atoms with van der Waals surface area (Å²) in [5.41, 5.74) is 3.95. The van der Waals surface area contributed by atoms with E-state index in [4.69, 9.17) is 35.3 Å². The fraction of sp³-hybridized carbons (Fsp3) is 0.551. The predicted molar refractivity (Wildman–Crippen MR) is 269 cm³/mol. The van der Waals surface area contributed by atoms with Gasteiger partial charge in [-0.25, -0.2) is 0 Å². The molecule has 2 aromatic rings. The van der Waals surface area contributed by atoms with Crippen LogP contribution in [0.4, 0.5) is 11.4 Å². The van der Waals surface area contributed by atoms with E-state index in [1.54, 1.807) is 26.4 Å². The second-order valence-corrected chi connectivity index (χ2v) is 22.9. The van der Waals surface area contributed by atoms with E-state index in [1.807, 2.05) is 42.7 Å². The van der Waals surface area contributed by atoms with Crippen LogP contribution in [-0.4, -0.2) is 146 Å². The van der Waals surface area contributed by atoms with Crippen molar-refractivity contribution in [2.75, 3.05) is 90.8 Å². The van der Waals surface area contributed by atoms with Gasteiger partial charge < -0.3 is 33.7 Å². The van der Waals surface area contributed by atoms with E-state index in [9.17, 15) is 48.8 Å². The number of carbonyl (C=O) groups is 1. The van der Waals surface area contributed by atoms with Crippen LogP contribution in [0, 0.1) is 0 Å². The fourth-order valence-corrected chi connectivity index (χ4v) is 11.3. The Kier molecular flexibility index (Phi) is 21.2. The minimum absolute atomic E-state index is 0.0216. The third-order valence-corrected chi connectivity index (χ3v) is 16.1. The Bertz CT molecular complexity index is 2720. The molecule has 2 aromatic carbocycles. The topological polar surface area (TPSA) is 253 Å². The number of hydrogen-bond acceptors (Lipinski definition) is 13. The second-order valence-electron chi connectivity index (χ2n) is 18.1. The molecule has 0 aromatic heterocycles. The van der Waals surface area contributed by atoms with Crippen molar-refractivity contribution in [3.05, 3.63) is 93.7 Å². The van der Waals surface area contributed by atoms with Gasteiger partial charge in [-0.3, -0.25) is 18.5 Å². The zero-order valence-corrected chi connectivity index (χ0v) is 44.0. The number of halogens is 1. The highest BCUT2D eigenvalue weighted by molar-refractivity contribution is 7.86. The average Bonchev–Trinajstić information content (AvgIpc) is 3.67. The molecule has 0 saturated heterocycles. The maximum atomic E-state index is 12.4. The van der Waals surface area contributed by atoms with E-state index >= 15 is 0 Å². The van der Waals surface area contributed by atoms with Crippen molar-refractivity contribution in [2.24, 2.45) is 0 Å². The van der Waals surface area contributed by atoms with Crippen LogP contribution in [0.2, 0.25) is 0 Å². The van der Waals surface area contributed by atoms with Crippen LogP contribution in [0.1, 0.15) is 89.2 Å². The first-order valence-corrected chi connectivity index (χ1v) is 28.4. The van der Waals surface area contributed by atoms with Crippen LogP contribution in [0.5, 0.6) is 0 Å². The quantitative estimate of drug-likeness (QED) is 0.0338. The number of aliphatic carboxylic acids is 1. The molecule has 2 heterocycles. The smallest absolute Gasteiger partial charge is 0.303 e. The molecule has 0 spiro atoms. The van der Waals surface area contributed by atoms with Crippen molar-refractivity contribution in [2.45, 2.75) is 98.7 Å². The molecule has 18 nitrogen and oxygen atoms in total. The van der Waals surface area contributed by atoms with Gasteiger partial charge in [0.05, 0.1) is 60.6 Å². The van der Waals surface area contributed by atoms with Gasteiger partial charge in [-0.1, -0.05) is 30.2 Å². The molecule has 0 radical (unpaired) electrons. The molecule has 2 unspecified atom stereocenters. The van der Waals surface area contributed by atoms with Crippen LogP contribution in [-0.2, 0) is 69.7 Å². The molecule has 71 heavy (non-hydrogen) atoms. The summed E-state index contributed by atoms with van der Waals surface area (Å²) in [4.78, 5) is 12.8. The monoisotopic (exact) mass is 1070 g/mol. The van der Waals surface area contributed by atoms with E-state index < -0.39 is 52.9 Å². The van der Waals surface area contributed by atoms with Gasteiger partial charge in [-0.2, -0.15) is 29.8 Å². The average molecular weight is 1070 g/mol. The normalized spacial score (nSPS) is 20.8. The van der Waals surface area contributed by atoms with E-state index in [-0.39, 0.29) is 42.3 Å². The first-order valence-electron chi connectivity index (χ1n) is 23.6. The highest BCUT2D eigenvalue weighted by atomic mass is 35.5. The molecule has 0 amide bonds. The largest absolute Gasteiger partial charge is 0.481 e. The van der Waals surface area contributed by atoms with Gasteiger partial charge in [-0.05, 0) is 118 Å². The maximum Gasteiger partial charge on any atom is 0.303 e. The number of hydrogen-bond donors (Lipinski definition) is 4. The SMILES string of the molecule is COCCOCCOCCOCC[N+]1=C(/C=C/C2=C(Cl)C(=C/C=C3/N(CCCCCC(=O)O)c4ccc(S(=O)(=O)O)cc4C3(C)CCOC)/CCC2)C(C)(CCCS(=O)(=O)O)c2cc(S(=O)(=O)O)ccc21. The van der Waals surface area contributed by atoms with Crippen molar-refractivity contribution < 1.29 is 77.1 Å². The van der Waals surface area contributed by atoms with Crippen LogP contribution in [0.3, 0.4) is 0 Å². The number of rotatable bonds is 30. The summed E-state index contributed by atoms with van der Waals surface area (Å²) in [5, 5.41) is 9.72. The molecule has 0 fully saturated rings. The first-order chi connectivity index (χ1) is 33.5. The summed E-state index contributed by atoms with van der Waals surface area (Å²) in [5.74, 6) is -1.41. The lowest BCUT2D eigenvalue weighted by molar-refractivity contribution is -0.442. The zero-order chi connectivity index (χ0) is 52.0. The number of fused-ring (bicyclic) bond motifs is 2. The molecular formula is C49H68ClN2O16S3+. The lowest BCUT2D eigenvalue weighted by Crippen LogP contribution is -2.33. The predicted octanol–water partition coefficient (Wildman–Crippen LogP) is 7.40. The molecule has 2 aliphatic heterocycles. The fourth-order valence-electron chi connectivity index (χ4n) is 9.44. The van der Waals surface area contributed by atoms with Crippen molar-refractivity contribution in [1.29, 1.82) is 0 Å². The third kappa shape index (κ3) is 15.6. The highest BCUT2D eigenvalue weighted by Gasteiger charge is 2.48. The number of benzene rings is 2. The number of anilines is 1. The molecule has 0 bridgehead atoms. The van der Waals surface area contributed by atoms with E-state index in [2.05, 4.69) is 4.90 Å². The Hall–Kier alpha value is -3.84. The molecule has 5 rings (SSSR count). The number of nitrogens with zero attached hydrogens (tertiary/aromatic N) is 2. The summed E-state index contributed by atoms with van der Waals surface area (Å²) in [6, 6.07) is 8.83. The van der Waals surface area contributed by atoms with Gasteiger partial charge in [0.1, 0.15) is 6.61 Å². The lowest BCUT2D eigenvalue weighted by Gasteiger charge is -2.30. The van der Waals surface area contributed by atoms with Gasteiger partial charge in [0.25, 0.3) is 30.4 Å². The number of methoxy groups -OCH3 is 2. The lowest BCUT2D eigenvalue weighted by atomic mass is 9.75. The number of carboxylic acids is 1. The Morgan fingerprint density at radius 2 is 1.35 bits per heavy atom. The summed E-state index contributed by atoms with van der Waals surface area (Å²) >= 11 is 7.30. The first kappa shape index (κ1) is 58.1. The van der Waals surface area contributed by atoms with E-state index in [0.717, 1.165) is 29.0 Å². The van der Waals surface area contributed by atoms with Crippen LogP contribution < -0.4 is 4.90 Å². The second kappa shape index (κ2) is 25.9. The summed E-state index contributed by atoms with van der Waals surface area (Å²) in [6.45, 7) is 7.51. The number of allylic oxidation sites excluding steroid dienone is 8. The molecule has 1 aliphatic carbocycles.